The van der Waals surface area contributed by atoms with Gasteiger partial charge in [-0.1, -0.05) is 0 Å². The zero-order chi connectivity index (χ0) is 39.7. The summed E-state index contributed by atoms with van der Waals surface area (Å²) < 4.78 is 67.7. The van der Waals surface area contributed by atoms with Gasteiger partial charge in [-0.05, 0) is 0 Å². The Morgan fingerprint density at radius 2 is 0.855 bits per heavy atom. The number of allylic oxidation sites excluding steroid dienone is 8. The summed E-state index contributed by atoms with van der Waals surface area (Å²) in [5.74, 6) is -4.81. The predicted molar refractivity (Wildman–Crippen MR) is 210 cm³/mol. The van der Waals surface area contributed by atoms with Gasteiger partial charge in [0, 0.05) is 0 Å². The van der Waals surface area contributed by atoms with E-state index in [0.29, 0.717) is 11.1 Å². The van der Waals surface area contributed by atoms with E-state index in [2.05, 4.69) is 0 Å². The molecular weight excluding hydrogens is 736 g/mol. The zero-order valence-corrected chi connectivity index (χ0v) is 33.6. The molecule has 2 amide bonds. The van der Waals surface area contributed by atoms with E-state index in [1.807, 2.05) is 60.7 Å². The molecule has 284 valence electrons. The number of hydrogen-bond donors (Lipinski definition) is 0. The Morgan fingerprint density at radius 3 is 1.16 bits per heavy atom. The van der Waals surface area contributed by atoms with E-state index in [0.717, 1.165) is 12.1 Å². The minimum atomic E-state index is -5.31. The quantitative estimate of drug-likeness (QED) is 0.119. The van der Waals surface area contributed by atoms with Crippen LogP contribution >= 0.6 is 0 Å². The van der Waals surface area contributed by atoms with Crippen LogP contribution in [0.4, 0.5) is 28.9 Å². The van der Waals surface area contributed by atoms with E-state index < -0.39 is 78.7 Å². The molecule has 4 aromatic rings. The molecule has 0 atom stereocenters. The van der Waals surface area contributed by atoms with E-state index in [4.69, 9.17) is 0 Å². The first kappa shape index (κ1) is 39.9. The molecule has 55 heavy (non-hydrogen) atoms. The Bertz CT molecular complexity index is 2020. The van der Waals surface area contributed by atoms with Crippen LogP contribution < -0.4 is 17.5 Å². The summed E-state index contributed by atoms with van der Waals surface area (Å²) in [6.07, 6.45) is 13.9. The molecule has 2 aliphatic carbocycles. The van der Waals surface area contributed by atoms with Gasteiger partial charge in [0.25, 0.3) is 0 Å². The second-order valence-corrected chi connectivity index (χ2v) is 22.6. The van der Waals surface area contributed by atoms with E-state index in [1.54, 1.807) is 90.2 Å². The summed E-state index contributed by atoms with van der Waals surface area (Å²) >= 11 is -5.31. The SMILES string of the molecule is CC(C)(C)C(=O)N(Cc1ccccc1)c1ccc(F)[c]([Ti]([c]2c(F)ccc(N(Cc3ccccc3)C(=O)C(C)(C)C)c2F)([CH]2C=CC=C2)[CH]2C=CC=C2)c1F. The van der Waals surface area contributed by atoms with Crippen molar-refractivity contribution >= 4 is 30.9 Å². The summed E-state index contributed by atoms with van der Waals surface area (Å²) in [6.45, 7) is 10.3. The van der Waals surface area contributed by atoms with Crippen molar-refractivity contribution in [3.8, 4) is 0 Å². The van der Waals surface area contributed by atoms with Crippen molar-refractivity contribution in [2.75, 3.05) is 9.80 Å². The van der Waals surface area contributed by atoms with Crippen LogP contribution in [0, 0.1) is 34.1 Å². The number of rotatable bonds is 10. The number of benzene rings is 4. The van der Waals surface area contributed by atoms with Gasteiger partial charge in [-0.3, -0.25) is 0 Å². The maximum atomic E-state index is 18.0. The molecule has 6 rings (SSSR count). The van der Waals surface area contributed by atoms with Crippen LogP contribution in [0.25, 0.3) is 0 Å². The second-order valence-electron chi connectivity index (χ2n) is 16.2. The number of carbonyl (C=O) groups excluding carboxylic acids is 2. The monoisotopic (exact) mass is 782 g/mol. The van der Waals surface area contributed by atoms with Crippen LogP contribution in [0.1, 0.15) is 52.7 Å². The third-order valence-electron chi connectivity index (χ3n) is 10.2. The summed E-state index contributed by atoms with van der Waals surface area (Å²) in [5, 5.41) is 0. The number of halogens is 4. The van der Waals surface area contributed by atoms with Crippen LogP contribution in [0.5, 0.6) is 0 Å². The van der Waals surface area contributed by atoms with Gasteiger partial charge in [-0.2, -0.15) is 0 Å². The van der Waals surface area contributed by atoms with Gasteiger partial charge in [0.1, 0.15) is 0 Å². The molecular formula is C46H46F4N2O2Ti. The van der Waals surface area contributed by atoms with E-state index in [9.17, 15) is 9.59 Å². The van der Waals surface area contributed by atoms with Crippen molar-refractivity contribution in [3.63, 3.8) is 0 Å². The average Bonchev–Trinajstić information content (AvgIpc) is 3.89. The fourth-order valence-corrected chi connectivity index (χ4v) is 16.4. The number of hydrogen-bond acceptors (Lipinski definition) is 2. The fourth-order valence-electron chi connectivity index (χ4n) is 7.62. The molecule has 4 aromatic carbocycles. The summed E-state index contributed by atoms with van der Waals surface area (Å²) in [4.78, 5) is 30.9. The molecule has 0 fully saturated rings. The number of anilines is 2. The van der Waals surface area contributed by atoms with Crippen molar-refractivity contribution in [2.24, 2.45) is 10.8 Å². The zero-order valence-electron chi connectivity index (χ0n) is 32.0. The molecule has 0 radical (unpaired) electrons. The molecule has 2 aliphatic rings. The number of carbonyl (C=O) groups is 2. The van der Waals surface area contributed by atoms with Gasteiger partial charge in [-0.15, -0.1) is 0 Å². The van der Waals surface area contributed by atoms with Crippen LogP contribution in [-0.4, -0.2) is 11.8 Å². The standard InChI is InChI=1S/2C18H18F2NO.2C5H5.Ti/c2*1-18(2,3)17(22)21(12-13-7-5-4-6-8-13)16-10-9-14(19)11-15(16)20;2*1-2-4-5-3-1;/h2*4-10H,12H2,1-3H3;2*1-5H;. The van der Waals surface area contributed by atoms with Crippen LogP contribution in [-0.2, 0) is 39.3 Å². The molecule has 0 heterocycles. The van der Waals surface area contributed by atoms with E-state index in [1.165, 1.54) is 21.9 Å². The predicted octanol–water partition coefficient (Wildman–Crippen LogP) is 10.3. The van der Waals surface area contributed by atoms with Gasteiger partial charge in [0.15, 0.2) is 0 Å². The first-order valence-electron chi connectivity index (χ1n) is 18.5. The van der Waals surface area contributed by atoms with Gasteiger partial charge in [0.05, 0.1) is 0 Å². The molecule has 0 bridgehead atoms. The van der Waals surface area contributed by atoms with Crippen molar-refractivity contribution in [3.05, 3.63) is 168 Å². The molecule has 0 unspecified atom stereocenters. The third kappa shape index (κ3) is 7.72. The van der Waals surface area contributed by atoms with Gasteiger partial charge in [0.2, 0.25) is 0 Å². The first-order chi connectivity index (χ1) is 26.1. The van der Waals surface area contributed by atoms with Gasteiger partial charge in [-0.25, -0.2) is 0 Å². The minimum absolute atomic E-state index is 0.0209. The maximum absolute atomic E-state index is 18.0. The van der Waals surface area contributed by atoms with Crippen LogP contribution in [0.2, 0.25) is 8.45 Å². The Morgan fingerprint density at radius 1 is 0.527 bits per heavy atom. The molecule has 0 aromatic heterocycles. The first-order valence-corrected chi connectivity index (χ1v) is 21.8. The average molecular weight is 783 g/mol. The van der Waals surface area contributed by atoms with Crippen molar-refractivity contribution in [1.82, 2.24) is 0 Å². The summed E-state index contributed by atoms with van der Waals surface area (Å²) in [6, 6.07) is 22.8. The molecule has 0 saturated carbocycles. The number of amides is 2. The molecule has 0 spiro atoms. The van der Waals surface area contributed by atoms with Crippen LogP contribution in [0.3, 0.4) is 0 Å². The molecule has 4 nitrogen and oxygen atoms in total. The normalized spacial score (nSPS) is 14.6. The van der Waals surface area contributed by atoms with E-state index >= 15 is 17.6 Å². The molecule has 9 heteroatoms. The molecule has 0 saturated heterocycles. The van der Waals surface area contributed by atoms with E-state index in [-0.39, 0.29) is 24.5 Å². The molecule has 0 N–H and O–H groups in total. The Balaban J connectivity index is 1.68. The Kier molecular flexibility index (Phi) is 11.4. The van der Waals surface area contributed by atoms with Crippen molar-refractivity contribution < 1.29 is 43.7 Å². The second kappa shape index (κ2) is 15.8. The van der Waals surface area contributed by atoms with Crippen molar-refractivity contribution in [1.29, 1.82) is 0 Å². The fraction of sp³-hybridized carbons (Fsp3) is 0.261. The number of nitrogens with zero attached hydrogens (tertiary/aromatic N) is 2. The van der Waals surface area contributed by atoms with Crippen molar-refractivity contribution in [2.45, 2.75) is 63.1 Å². The third-order valence-corrected chi connectivity index (χ3v) is 18.7. The Labute approximate surface area is 324 Å². The molecule has 0 aliphatic heterocycles. The summed E-state index contributed by atoms with van der Waals surface area (Å²) in [5.41, 5.74) is -0.857. The van der Waals surface area contributed by atoms with Gasteiger partial charge < -0.3 is 0 Å². The van der Waals surface area contributed by atoms with Crippen LogP contribution in [0.15, 0.2) is 134 Å². The Hall–Kier alpha value is -4.79. The topological polar surface area (TPSA) is 40.6 Å². The van der Waals surface area contributed by atoms with Gasteiger partial charge >= 0.3 is 326 Å². The summed E-state index contributed by atoms with van der Waals surface area (Å²) in [7, 11) is 0.